The number of anilines is 1. The summed E-state index contributed by atoms with van der Waals surface area (Å²) in [6, 6.07) is 7.13. The number of nitrogens with one attached hydrogen (secondary N) is 2. The molecule has 0 unspecified atom stereocenters. The van der Waals surface area contributed by atoms with Crippen LogP contribution in [0.25, 0.3) is 0 Å². The second kappa shape index (κ2) is 6.45. The van der Waals surface area contributed by atoms with Gasteiger partial charge in [0, 0.05) is 12.0 Å². The quantitative estimate of drug-likeness (QED) is 0.877. The van der Waals surface area contributed by atoms with Gasteiger partial charge in [0.2, 0.25) is 5.13 Å². The van der Waals surface area contributed by atoms with Crippen LogP contribution in [0.4, 0.5) is 18.7 Å². The number of amides is 2. The summed E-state index contributed by atoms with van der Waals surface area (Å²) in [6.45, 7) is 0. The fraction of sp³-hybridized carbons (Fsp3) is 0.357. The van der Waals surface area contributed by atoms with E-state index in [1.54, 1.807) is 7.11 Å². The fourth-order valence-electron chi connectivity index (χ4n) is 2.35. The molecule has 0 saturated heterocycles. The maximum atomic E-state index is 12.4. The lowest BCUT2D eigenvalue weighted by Crippen LogP contribution is -2.31. The summed E-state index contributed by atoms with van der Waals surface area (Å²) in [4.78, 5) is 11.9. The monoisotopic (exact) mass is 340 g/mol. The summed E-state index contributed by atoms with van der Waals surface area (Å²) in [6.07, 6.45) is -1.89. The summed E-state index contributed by atoms with van der Waals surface area (Å²) >= 11 is 0.656. The molecule has 3 rings (SSSR count). The van der Waals surface area contributed by atoms with Crippen LogP contribution < -0.4 is 15.4 Å². The van der Waals surface area contributed by atoms with E-state index in [2.05, 4.69) is 20.8 Å². The standard InChI is InChI=1S/C14H14F2N4O2S/c1-22-10-5-3-2-4-7(10)8-6-9(8)17-13(21)18-14-20-19-12(23-14)11(15)16/h2-5,8-9,11H,6H2,1H3,(H2,17,18,20,21)/t8-,9+/m1/s1. The largest absolute Gasteiger partial charge is 0.496 e. The number of nitrogens with zero attached hydrogens (tertiary/aromatic N) is 2. The zero-order valence-corrected chi connectivity index (χ0v) is 12.9. The van der Waals surface area contributed by atoms with Crippen molar-refractivity contribution in [2.75, 3.05) is 12.4 Å². The first-order valence-corrected chi connectivity index (χ1v) is 7.72. The van der Waals surface area contributed by atoms with E-state index in [0.717, 1.165) is 17.7 Å². The lowest BCUT2D eigenvalue weighted by Gasteiger charge is -2.08. The average Bonchev–Trinajstić information content (AvgIpc) is 3.12. The van der Waals surface area contributed by atoms with Crippen molar-refractivity contribution in [3.8, 4) is 5.75 Å². The van der Waals surface area contributed by atoms with E-state index in [9.17, 15) is 13.6 Å². The third-order valence-electron chi connectivity index (χ3n) is 3.49. The van der Waals surface area contributed by atoms with Crippen molar-refractivity contribution in [1.29, 1.82) is 0 Å². The first kappa shape index (κ1) is 15.6. The summed E-state index contributed by atoms with van der Waals surface area (Å²) in [5.74, 6) is 0.968. The van der Waals surface area contributed by atoms with Crippen LogP contribution >= 0.6 is 11.3 Å². The van der Waals surface area contributed by atoms with Crippen molar-refractivity contribution < 1.29 is 18.3 Å². The molecule has 1 saturated carbocycles. The van der Waals surface area contributed by atoms with Crippen LogP contribution in [0.5, 0.6) is 5.75 Å². The number of alkyl halides is 2. The minimum absolute atomic E-state index is 0.0196. The van der Waals surface area contributed by atoms with E-state index in [1.165, 1.54) is 0 Å². The third-order valence-corrected chi connectivity index (χ3v) is 4.34. The Balaban J connectivity index is 1.55. The molecule has 9 heteroatoms. The lowest BCUT2D eigenvalue weighted by molar-refractivity contribution is 0.150. The van der Waals surface area contributed by atoms with Gasteiger partial charge in [0.1, 0.15) is 5.75 Å². The molecule has 0 aliphatic heterocycles. The van der Waals surface area contributed by atoms with Gasteiger partial charge in [0.15, 0.2) is 5.01 Å². The maximum absolute atomic E-state index is 12.4. The van der Waals surface area contributed by atoms with Crippen LogP contribution in [0.15, 0.2) is 24.3 Å². The number of hydrogen-bond acceptors (Lipinski definition) is 5. The van der Waals surface area contributed by atoms with Gasteiger partial charge >= 0.3 is 6.03 Å². The van der Waals surface area contributed by atoms with Crippen LogP contribution in [0.3, 0.4) is 0 Å². The molecular formula is C14H14F2N4O2S. The number of urea groups is 1. The van der Waals surface area contributed by atoms with Crippen LogP contribution in [-0.4, -0.2) is 29.4 Å². The summed E-state index contributed by atoms with van der Waals surface area (Å²) < 4.78 is 30.1. The predicted octanol–water partition coefficient (Wildman–Crippen LogP) is 3.16. The van der Waals surface area contributed by atoms with Crippen molar-refractivity contribution >= 4 is 22.5 Å². The normalized spacial score (nSPS) is 19.5. The molecule has 0 radical (unpaired) electrons. The van der Waals surface area contributed by atoms with E-state index in [-0.39, 0.29) is 17.1 Å². The van der Waals surface area contributed by atoms with Gasteiger partial charge in [-0.2, -0.15) is 0 Å². The Morgan fingerprint density at radius 2 is 2.17 bits per heavy atom. The Kier molecular flexibility index (Phi) is 4.37. The van der Waals surface area contributed by atoms with E-state index in [4.69, 9.17) is 4.74 Å². The van der Waals surface area contributed by atoms with E-state index >= 15 is 0 Å². The molecule has 1 aromatic carbocycles. The molecule has 1 aliphatic rings. The lowest BCUT2D eigenvalue weighted by atomic mass is 10.1. The van der Waals surface area contributed by atoms with Crippen molar-refractivity contribution in [2.45, 2.75) is 24.8 Å². The Morgan fingerprint density at radius 1 is 1.39 bits per heavy atom. The molecule has 2 N–H and O–H groups in total. The molecule has 0 bridgehead atoms. The number of hydrogen-bond donors (Lipinski definition) is 2. The summed E-state index contributed by atoms with van der Waals surface area (Å²) in [5, 5.41) is 11.7. The molecule has 23 heavy (non-hydrogen) atoms. The van der Waals surface area contributed by atoms with Crippen LogP contribution in [0, 0.1) is 0 Å². The predicted molar refractivity (Wildman–Crippen MR) is 81.2 cm³/mol. The van der Waals surface area contributed by atoms with Gasteiger partial charge in [-0.3, -0.25) is 5.32 Å². The highest BCUT2D eigenvalue weighted by atomic mass is 32.1. The topological polar surface area (TPSA) is 76.1 Å². The van der Waals surface area contributed by atoms with E-state index in [1.807, 2.05) is 24.3 Å². The fourth-order valence-corrected chi connectivity index (χ4v) is 2.94. The number of halogens is 2. The number of methoxy groups -OCH3 is 1. The number of benzene rings is 1. The van der Waals surface area contributed by atoms with E-state index in [0.29, 0.717) is 11.3 Å². The highest BCUT2D eigenvalue weighted by Gasteiger charge is 2.41. The van der Waals surface area contributed by atoms with Crippen LogP contribution in [0.1, 0.15) is 29.3 Å². The Labute approximate surface area is 134 Å². The zero-order valence-electron chi connectivity index (χ0n) is 12.1. The maximum Gasteiger partial charge on any atom is 0.321 e. The zero-order chi connectivity index (χ0) is 16.4. The van der Waals surface area contributed by atoms with Gasteiger partial charge in [0.25, 0.3) is 6.43 Å². The molecule has 1 heterocycles. The first-order valence-electron chi connectivity index (χ1n) is 6.90. The molecule has 1 fully saturated rings. The molecule has 2 amide bonds. The Bertz CT molecular complexity index is 710. The van der Waals surface area contributed by atoms with Crippen molar-refractivity contribution in [1.82, 2.24) is 15.5 Å². The summed E-state index contributed by atoms with van der Waals surface area (Å²) in [7, 11) is 1.60. The molecule has 1 aromatic heterocycles. The summed E-state index contributed by atoms with van der Waals surface area (Å²) in [5.41, 5.74) is 1.04. The van der Waals surface area contributed by atoms with Gasteiger partial charge in [-0.05, 0) is 18.1 Å². The molecular weight excluding hydrogens is 326 g/mol. The van der Waals surface area contributed by atoms with Gasteiger partial charge in [0.05, 0.1) is 7.11 Å². The number of carbonyl (C=O) groups is 1. The minimum atomic E-state index is -2.69. The number of para-hydroxylation sites is 1. The third kappa shape index (κ3) is 3.55. The number of carbonyl (C=O) groups excluding carboxylic acids is 1. The SMILES string of the molecule is COc1ccccc1[C@H]1C[C@@H]1NC(=O)Nc1nnc(C(F)F)s1. The highest BCUT2D eigenvalue weighted by molar-refractivity contribution is 7.15. The van der Waals surface area contributed by atoms with Gasteiger partial charge < -0.3 is 10.1 Å². The molecule has 0 spiro atoms. The Morgan fingerprint density at radius 3 is 2.87 bits per heavy atom. The van der Waals surface area contributed by atoms with Crippen molar-refractivity contribution in [3.63, 3.8) is 0 Å². The number of rotatable bonds is 5. The number of ether oxygens (including phenoxy) is 1. The second-order valence-electron chi connectivity index (χ2n) is 5.04. The molecule has 2 aromatic rings. The highest BCUT2D eigenvalue weighted by Crippen LogP contribution is 2.44. The van der Waals surface area contributed by atoms with Gasteiger partial charge in [-0.1, -0.05) is 29.5 Å². The van der Waals surface area contributed by atoms with Crippen LogP contribution in [-0.2, 0) is 0 Å². The Hall–Kier alpha value is -2.29. The molecule has 6 nitrogen and oxygen atoms in total. The van der Waals surface area contributed by atoms with E-state index < -0.39 is 17.5 Å². The van der Waals surface area contributed by atoms with Crippen LogP contribution in [0.2, 0.25) is 0 Å². The minimum Gasteiger partial charge on any atom is -0.496 e. The first-order chi connectivity index (χ1) is 11.1. The van der Waals surface area contributed by atoms with Crippen molar-refractivity contribution in [2.24, 2.45) is 0 Å². The van der Waals surface area contributed by atoms with Crippen molar-refractivity contribution in [3.05, 3.63) is 34.8 Å². The molecule has 122 valence electrons. The molecule has 2 atom stereocenters. The molecule has 1 aliphatic carbocycles. The van der Waals surface area contributed by atoms with Gasteiger partial charge in [-0.15, -0.1) is 10.2 Å². The second-order valence-corrected chi connectivity index (χ2v) is 6.04. The average molecular weight is 340 g/mol. The number of aromatic nitrogens is 2. The van der Waals surface area contributed by atoms with Gasteiger partial charge in [-0.25, -0.2) is 13.6 Å². The smallest absolute Gasteiger partial charge is 0.321 e.